The van der Waals surface area contributed by atoms with Gasteiger partial charge in [0, 0.05) is 23.9 Å². The van der Waals surface area contributed by atoms with Gasteiger partial charge in [-0.1, -0.05) is 30.3 Å². The van der Waals surface area contributed by atoms with E-state index in [9.17, 15) is 9.18 Å². The van der Waals surface area contributed by atoms with Crippen LogP contribution in [0.4, 0.5) is 10.1 Å². The van der Waals surface area contributed by atoms with Gasteiger partial charge in [-0.05, 0) is 36.3 Å². The summed E-state index contributed by atoms with van der Waals surface area (Å²) in [5, 5.41) is 11.5. The van der Waals surface area contributed by atoms with Crippen molar-refractivity contribution >= 4 is 17.7 Å². The molecule has 0 heterocycles. The fourth-order valence-corrected chi connectivity index (χ4v) is 1.84. The molecule has 0 unspecified atom stereocenters. The van der Waals surface area contributed by atoms with Crippen LogP contribution in [0, 0.1) is 5.82 Å². The van der Waals surface area contributed by atoms with Crippen molar-refractivity contribution in [2.24, 2.45) is 0 Å². The molecular weight excluding hydrogens is 269 g/mol. The highest BCUT2D eigenvalue weighted by Gasteiger charge is 2.00. The smallest absolute Gasteiger partial charge is 0.248 e. The Morgan fingerprint density at radius 1 is 1.14 bits per heavy atom. The summed E-state index contributed by atoms with van der Waals surface area (Å²) < 4.78 is 13.4. The Bertz CT molecular complexity index is 635. The van der Waals surface area contributed by atoms with Crippen molar-refractivity contribution in [1.82, 2.24) is 0 Å². The first kappa shape index (κ1) is 14.9. The lowest BCUT2D eigenvalue weighted by molar-refractivity contribution is -0.111. The second kappa shape index (κ2) is 7.36. The number of hydrogen-bond donors (Lipinski definition) is 2. The van der Waals surface area contributed by atoms with Gasteiger partial charge in [0.05, 0.1) is 0 Å². The second-order valence-electron chi connectivity index (χ2n) is 4.51. The third-order valence-corrected chi connectivity index (χ3v) is 2.94. The Labute approximate surface area is 122 Å². The van der Waals surface area contributed by atoms with Crippen LogP contribution in [0.25, 0.3) is 6.08 Å². The van der Waals surface area contributed by atoms with E-state index >= 15 is 0 Å². The van der Waals surface area contributed by atoms with Crippen LogP contribution in [0.5, 0.6) is 0 Å². The molecule has 2 aromatic rings. The van der Waals surface area contributed by atoms with E-state index < -0.39 is 0 Å². The predicted octanol–water partition coefficient (Wildman–Crippen LogP) is 3.01. The van der Waals surface area contributed by atoms with E-state index in [1.165, 1.54) is 18.2 Å². The van der Waals surface area contributed by atoms with E-state index in [0.717, 1.165) is 5.56 Å². The summed E-state index contributed by atoms with van der Waals surface area (Å²) in [4.78, 5) is 11.7. The van der Waals surface area contributed by atoms with Gasteiger partial charge in [0.25, 0.3) is 0 Å². The standard InChI is InChI=1S/C17H16FNO2/c18-16-4-2-1-3-14(16)7-10-17(21)19-15-8-5-13(6-9-15)11-12-20/h1-10,20H,11-12H2,(H,19,21). The molecule has 0 bridgehead atoms. The van der Waals surface area contributed by atoms with Crippen LogP contribution in [-0.4, -0.2) is 17.6 Å². The molecule has 108 valence electrons. The third kappa shape index (κ3) is 4.54. The normalized spacial score (nSPS) is 10.8. The lowest BCUT2D eigenvalue weighted by atomic mass is 10.1. The highest BCUT2D eigenvalue weighted by Crippen LogP contribution is 2.11. The number of amides is 1. The SMILES string of the molecule is O=C(C=Cc1ccccc1F)Nc1ccc(CCO)cc1. The van der Waals surface area contributed by atoms with Crippen LogP contribution in [-0.2, 0) is 11.2 Å². The number of aliphatic hydroxyl groups excluding tert-OH is 1. The molecule has 0 spiro atoms. The summed E-state index contributed by atoms with van der Waals surface area (Å²) >= 11 is 0. The molecule has 0 aliphatic rings. The lowest BCUT2D eigenvalue weighted by Crippen LogP contribution is -2.07. The number of rotatable bonds is 5. The lowest BCUT2D eigenvalue weighted by Gasteiger charge is -2.04. The summed E-state index contributed by atoms with van der Waals surface area (Å²) in [6.07, 6.45) is 3.31. The summed E-state index contributed by atoms with van der Waals surface area (Å²) in [6, 6.07) is 13.5. The van der Waals surface area contributed by atoms with Crippen LogP contribution >= 0.6 is 0 Å². The first-order chi connectivity index (χ1) is 10.2. The van der Waals surface area contributed by atoms with Crippen molar-refractivity contribution in [2.75, 3.05) is 11.9 Å². The van der Waals surface area contributed by atoms with Gasteiger partial charge in [-0.15, -0.1) is 0 Å². The number of nitrogens with one attached hydrogen (secondary N) is 1. The topological polar surface area (TPSA) is 49.3 Å². The molecule has 3 nitrogen and oxygen atoms in total. The van der Waals surface area contributed by atoms with Crippen LogP contribution in [0.3, 0.4) is 0 Å². The third-order valence-electron chi connectivity index (χ3n) is 2.94. The monoisotopic (exact) mass is 285 g/mol. The second-order valence-corrected chi connectivity index (χ2v) is 4.51. The fourth-order valence-electron chi connectivity index (χ4n) is 1.84. The molecule has 0 radical (unpaired) electrons. The maximum Gasteiger partial charge on any atom is 0.248 e. The molecule has 0 aliphatic heterocycles. The highest BCUT2D eigenvalue weighted by atomic mass is 19.1. The van der Waals surface area contributed by atoms with Crippen molar-refractivity contribution in [3.8, 4) is 0 Å². The summed E-state index contributed by atoms with van der Waals surface area (Å²) in [5.41, 5.74) is 2.02. The Kier molecular flexibility index (Phi) is 5.23. The zero-order valence-corrected chi connectivity index (χ0v) is 11.4. The van der Waals surface area contributed by atoms with Crippen LogP contribution in [0.15, 0.2) is 54.6 Å². The summed E-state index contributed by atoms with van der Waals surface area (Å²) in [6.45, 7) is 0.0943. The molecule has 0 atom stereocenters. The van der Waals surface area contributed by atoms with Gasteiger partial charge in [-0.25, -0.2) is 4.39 Å². The molecule has 0 saturated carbocycles. The van der Waals surface area contributed by atoms with Gasteiger partial charge < -0.3 is 10.4 Å². The maximum absolute atomic E-state index is 13.4. The number of carbonyl (C=O) groups excluding carboxylic acids is 1. The molecule has 4 heteroatoms. The van der Waals surface area contributed by atoms with E-state index in [-0.39, 0.29) is 18.3 Å². The van der Waals surface area contributed by atoms with E-state index in [1.807, 2.05) is 12.1 Å². The van der Waals surface area contributed by atoms with Crippen LogP contribution in [0.2, 0.25) is 0 Å². The van der Waals surface area contributed by atoms with Crippen molar-refractivity contribution in [1.29, 1.82) is 0 Å². The number of halogens is 1. The largest absolute Gasteiger partial charge is 0.396 e. The van der Waals surface area contributed by atoms with Crippen molar-refractivity contribution < 1.29 is 14.3 Å². The van der Waals surface area contributed by atoms with Gasteiger partial charge in [-0.2, -0.15) is 0 Å². The molecule has 2 rings (SSSR count). The number of hydrogen-bond acceptors (Lipinski definition) is 2. The molecule has 0 aromatic heterocycles. The highest BCUT2D eigenvalue weighted by molar-refractivity contribution is 6.01. The Morgan fingerprint density at radius 3 is 2.52 bits per heavy atom. The fraction of sp³-hybridized carbons (Fsp3) is 0.118. The van der Waals surface area contributed by atoms with E-state index in [4.69, 9.17) is 5.11 Å². The van der Waals surface area contributed by atoms with Crippen LogP contribution in [0.1, 0.15) is 11.1 Å². The average Bonchev–Trinajstić information content (AvgIpc) is 2.49. The van der Waals surface area contributed by atoms with Crippen molar-refractivity contribution in [3.05, 3.63) is 71.6 Å². The number of carbonyl (C=O) groups is 1. The van der Waals surface area contributed by atoms with Gasteiger partial charge >= 0.3 is 0 Å². The van der Waals surface area contributed by atoms with Crippen molar-refractivity contribution in [2.45, 2.75) is 6.42 Å². The minimum absolute atomic E-state index is 0.0943. The zero-order chi connectivity index (χ0) is 15.1. The molecular formula is C17H16FNO2. The van der Waals surface area contributed by atoms with Gasteiger partial charge in [0.2, 0.25) is 5.91 Å². The number of aliphatic hydroxyl groups is 1. The molecule has 0 fully saturated rings. The molecule has 0 aliphatic carbocycles. The van der Waals surface area contributed by atoms with Crippen molar-refractivity contribution in [3.63, 3.8) is 0 Å². The Balaban J connectivity index is 1.97. The molecule has 2 aromatic carbocycles. The van der Waals surface area contributed by atoms with Gasteiger partial charge in [-0.3, -0.25) is 4.79 Å². The minimum Gasteiger partial charge on any atom is -0.396 e. The molecule has 21 heavy (non-hydrogen) atoms. The van der Waals surface area contributed by atoms with Crippen LogP contribution < -0.4 is 5.32 Å². The number of benzene rings is 2. The van der Waals surface area contributed by atoms with Gasteiger partial charge in [0.1, 0.15) is 5.82 Å². The quantitative estimate of drug-likeness (QED) is 0.830. The zero-order valence-electron chi connectivity index (χ0n) is 11.4. The molecule has 2 N–H and O–H groups in total. The molecule has 0 saturated heterocycles. The van der Waals surface area contributed by atoms with E-state index in [2.05, 4.69) is 5.32 Å². The first-order valence-corrected chi connectivity index (χ1v) is 6.62. The minimum atomic E-state index is -0.366. The molecule has 1 amide bonds. The van der Waals surface area contributed by atoms with E-state index in [0.29, 0.717) is 17.7 Å². The summed E-state index contributed by atoms with van der Waals surface area (Å²) in [7, 11) is 0. The van der Waals surface area contributed by atoms with E-state index in [1.54, 1.807) is 30.3 Å². The Hall–Kier alpha value is -2.46. The van der Waals surface area contributed by atoms with Gasteiger partial charge in [0.15, 0.2) is 0 Å². The Morgan fingerprint density at radius 2 is 1.86 bits per heavy atom. The first-order valence-electron chi connectivity index (χ1n) is 6.62. The number of anilines is 1. The average molecular weight is 285 g/mol. The maximum atomic E-state index is 13.4. The summed E-state index contributed by atoms with van der Waals surface area (Å²) in [5.74, 6) is -0.692. The predicted molar refractivity (Wildman–Crippen MR) is 81.3 cm³/mol.